The van der Waals surface area contributed by atoms with E-state index in [9.17, 15) is 0 Å². The summed E-state index contributed by atoms with van der Waals surface area (Å²) in [6.07, 6.45) is 2.41. The third-order valence-electron chi connectivity index (χ3n) is 1.61. The van der Waals surface area contributed by atoms with E-state index >= 15 is 0 Å². The average Bonchev–Trinajstić information content (AvgIpc) is 1.99. The molecule has 1 nitrogen and oxygen atoms in total. The first-order valence-corrected chi connectivity index (χ1v) is 5.85. The molecule has 0 aromatic carbocycles. The Morgan fingerprint density at radius 1 is 0.857 bits per heavy atom. The predicted molar refractivity (Wildman–Crippen MR) is 65.7 cm³/mol. The smallest absolute Gasteiger partial charge is 0.0598 e. The topological polar surface area (TPSA) is 9.23 Å². The summed E-state index contributed by atoms with van der Waals surface area (Å²) in [7, 11) is 0. The Kier molecular flexibility index (Phi) is 8.52. The van der Waals surface area contributed by atoms with Crippen LogP contribution >= 0.6 is 0 Å². The normalized spacial score (nSPS) is 12.0. The lowest BCUT2D eigenvalue weighted by atomic mass is 9.91. The van der Waals surface area contributed by atoms with Gasteiger partial charge in [-0.1, -0.05) is 34.6 Å². The molecule has 0 aliphatic carbocycles. The van der Waals surface area contributed by atoms with Crippen LogP contribution in [0.2, 0.25) is 0 Å². The molecule has 0 aliphatic heterocycles. The molecular weight excluding hydrogens is 172 g/mol. The second-order valence-electron chi connectivity index (χ2n) is 5.63. The quantitative estimate of drug-likeness (QED) is 0.605. The van der Waals surface area contributed by atoms with E-state index in [1.807, 2.05) is 13.8 Å². The minimum Gasteiger partial charge on any atom is -0.376 e. The minimum atomic E-state index is 0.0257. The van der Waals surface area contributed by atoms with Crippen LogP contribution in [0, 0.1) is 5.41 Å². The molecule has 0 radical (unpaired) electrons. The van der Waals surface area contributed by atoms with E-state index in [4.69, 9.17) is 4.74 Å². The lowest BCUT2D eigenvalue weighted by Crippen LogP contribution is -2.20. The van der Waals surface area contributed by atoms with E-state index in [2.05, 4.69) is 41.5 Å². The van der Waals surface area contributed by atoms with Gasteiger partial charge in [-0.2, -0.15) is 0 Å². The second-order valence-corrected chi connectivity index (χ2v) is 5.63. The van der Waals surface area contributed by atoms with E-state index < -0.39 is 0 Å². The maximum Gasteiger partial charge on any atom is 0.0598 e. The van der Waals surface area contributed by atoms with Gasteiger partial charge in [0.2, 0.25) is 0 Å². The van der Waals surface area contributed by atoms with Crippen molar-refractivity contribution in [1.82, 2.24) is 0 Å². The Morgan fingerprint density at radius 2 is 1.29 bits per heavy atom. The van der Waals surface area contributed by atoms with Crippen molar-refractivity contribution in [3.63, 3.8) is 0 Å². The van der Waals surface area contributed by atoms with E-state index in [-0.39, 0.29) is 5.60 Å². The molecule has 1 heteroatoms. The van der Waals surface area contributed by atoms with Crippen molar-refractivity contribution in [3.8, 4) is 0 Å². The summed E-state index contributed by atoms with van der Waals surface area (Å²) in [5, 5.41) is 0. The molecule has 0 aromatic rings. The Labute approximate surface area is 91.2 Å². The fourth-order valence-electron chi connectivity index (χ4n) is 0.981. The minimum absolute atomic E-state index is 0.0257. The second kappa shape index (κ2) is 7.28. The van der Waals surface area contributed by atoms with E-state index in [1.165, 1.54) is 12.8 Å². The summed E-state index contributed by atoms with van der Waals surface area (Å²) in [6, 6.07) is 0. The number of hydrogen-bond donors (Lipinski definition) is 0. The summed E-state index contributed by atoms with van der Waals surface area (Å²) in [5.74, 6) is 0. The monoisotopic (exact) mass is 202 g/mol. The first-order chi connectivity index (χ1) is 6.21. The standard InChI is InChI=1S/C11H24O.C2H6/c1-10(2,3)8-7-9-12-11(4,5)6;1-2/h7-9H2,1-6H3;1-2H3. The van der Waals surface area contributed by atoms with Crippen LogP contribution in [0.25, 0.3) is 0 Å². The van der Waals surface area contributed by atoms with Gasteiger partial charge in [-0.3, -0.25) is 0 Å². The molecule has 0 saturated carbocycles. The van der Waals surface area contributed by atoms with Crippen molar-refractivity contribution >= 4 is 0 Å². The Hall–Kier alpha value is -0.0400. The Bertz CT molecular complexity index is 98.2. The van der Waals surface area contributed by atoms with Gasteiger partial charge >= 0.3 is 0 Å². The highest BCUT2D eigenvalue weighted by Crippen LogP contribution is 2.21. The highest BCUT2D eigenvalue weighted by Gasteiger charge is 2.12. The first-order valence-electron chi connectivity index (χ1n) is 5.85. The van der Waals surface area contributed by atoms with Crippen molar-refractivity contribution in [2.75, 3.05) is 6.61 Å². The molecule has 0 N–H and O–H groups in total. The van der Waals surface area contributed by atoms with Crippen molar-refractivity contribution in [2.45, 2.75) is 73.8 Å². The van der Waals surface area contributed by atoms with Crippen LogP contribution in [0.4, 0.5) is 0 Å². The van der Waals surface area contributed by atoms with Gasteiger partial charge < -0.3 is 4.74 Å². The highest BCUT2D eigenvalue weighted by molar-refractivity contribution is 4.62. The van der Waals surface area contributed by atoms with Gasteiger partial charge in [0, 0.05) is 6.61 Å². The third kappa shape index (κ3) is 17.9. The highest BCUT2D eigenvalue weighted by atomic mass is 16.5. The molecule has 0 unspecified atom stereocenters. The summed E-state index contributed by atoms with van der Waals surface area (Å²) in [4.78, 5) is 0. The molecule has 0 heterocycles. The van der Waals surface area contributed by atoms with E-state index in [0.29, 0.717) is 5.41 Å². The molecule has 0 amide bonds. The molecule has 14 heavy (non-hydrogen) atoms. The van der Waals surface area contributed by atoms with Crippen LogP contribution in [0.5, 0.6) is 0 Å². The summed E-state index contributed by atoms with van der Waals surface area (Å²) in [5.41, 5.74) is 0.471. The van der Waals surface area contributed by atoms with Gasteiger partial charge in [-0.15, -0.1) is 0 Å². The predicted octanol–water partition coefficient (Wildman–Crippen LogP) is 4.65. The van der Waals surface area contributed by atoms with Gasteiger partial charge in [0.15, 0.2) is 0 Å². The van der Waals surface area contributed by atoms with Gasteiger partial charge in [-0.05, 0) is 39.0 Å². The van der Waals surface area contributed by atoms with Crippen LogP contribution in [0.1, 0.15) is 68.2 Å². The fraction of sp³-hybridized carbons (Fsp3) is 1.00. The van der Waals surface area contributed by atoms with Crippen molar-refractivity contribution in [1.29, 1.82) is 0 Å². The maximum atomic E-state index is 5.62. The summed E-state index contributed by atoms with van der Waals surface area (Å²) >= 11 is 0. The molecular formula is C13H30O. The molecule has 0 aromatic heterocycles. The zero-order valence-electron chi connectivity index (χ0n) is 11.5. The van der Waals surface area contributed by atoms with Crippen molar-refractivity contribution in [2.24, 2.45) is 5.41 Å². The number of ether oxygens (including phenoxy) is 1. The molecule has 0 bridgehead atoms. The Balaban J connectivity index is 0. The molecule has 0 atom stereocenters. The summed E-state index contributed by atoms with van der Waals surface area (Å²) < 4.78 is 5.62. The SMILES string of the molecule is CC.CC(C)(C)CCCOC(C)(C)C. The van der Waals surface area contributed by atoms with Crippen LogP contribution in [0.3, 0.4) is 0 Å². The van der Waals surface area contributed by atoms with E-state index in [1.54, 1.807) is 0 Å². The van der Waals surface area contributed by atoms with Gasteiger partial charge in [0.05, 0.1) is 5.60 Å². The summed E-state index contributed by atoms with van der Waals surface area (Å²) in [6.45, 7) is 18.0. The largest absolute Gasteiger partial charge is 0.376 e. The van der Waals surface area contributed by atoms with E-state index in [0.717, 1.165) is 6.61 Å². The zero-order chi connectivity index (χ0) is 11.8. The molecule has 0 fully saturated rings. The van der Waals surface area contributed by atoms with Crippen LogP contribution in [-0.4, -0.2) is 12.2 Å². The number of rotatable bonds is 3. The van der Waals surface area contributed by atoms with Gasteiger partial charge in [0.1, 0.15) is 0 Å². The van der Waals surface area contributed by atoms with Crippen LogP contribution < -0.4 is 0 Å². The van der Waals surface area contributed by atoms with Crippen molar-refractivity contribution in [3.05, 3.63) is 0 Å². The van der Waals surface area contributed by atoms with Gasteiger partial charge in [-0.25, -0.2) is 0 Å². The van der Waals surface area contributed by atoms with Crippen LogP contribution in [-0.2, 0) is 4.74 Å². The van der Waals surface area contributed by atoms with Crippen LogP contribution in [0.15, 0.2) is 0 Å². The molecule has 0 rings (SSSR count). The molecule has 0 spiro atoms. The van der Waals surface area contributed by atoms with Crippen molar-refractivity contribution < 1.29 is 4.74 Å². The molecule has 0 aliphatic rings. The number of hydrogen-bond acceptors (Lipinski definition) is 1. The molecule has 0 saturated heterocycles. The maximum absolute atomic E-state index is 5.62. The van der Waals surface area contributed by atoms with Gasteiger partial charge in [0.25, 0.3) is 0 Å². The third-order valence-corrected chi connectivity index (χ3v) is 1.61. The lowest BCUT2D eigenvalue weighted by molar-refractivity contribution is -0.00720. The lowest BCUT2D eigenvalue weighted by Gasteiger charge is -2.22. The average molecular weight is 202 g/mol. The fourth-order valence-corrected chi connectivity index (χ4v) is 0.981. The zero-order valence-corrected chi connectivity index (χ0v) is 11.5. The Morgan fingerprint density at radius 3 is 1.57 bits per heavy atom. The molecule has 88 valence electrons. The first kappa shape index (κ1) is 16.4.